The molecule has 0 spiro atoms. The lowest BCUT2D eigenvalue weighted by Gasteiger charge is -2.32. The highest BCUT2D eigenvalue weighted by atomic mass is 16.5. The molecule has 0 unspecified atom stereocenters. The number of furan rings is 1. The van der Waals surface area contributed by atoms with Crippen molar-refractivity contribution in [2.24, 2.45) is 0 Å². The number of piperazine rings is 1. The normalized spacial score (nSPS) is 20.7. The van der Waals surface area contributed by atoms with Gasteiger partial charge in [0.2, 0.25) is 5.71 Å². The minimum absolute atomic E-state index is 0.190. The summed E-state index contributed by atoms with van der Waals surface area (Å²) in [6.45, 7) is 8.68. The van der Waals surface area contributed by atoms with Gasteiger partial charge in [-0.3, -0.25) is 0 Å². The number of hydrogen-bond donors (Lipinski definition) is 0. The van der Waals surface area contributed by atoms with Gasteiger partial charge >= 0.3 is 0 Å². The molecule has 5 heterocycles. The van der Waals surface area contributed by atoms with Crippen LogP contribution in [0.25, 0.3) is 22.2 Å². The zero-order valence-corrected chi connectivity index (χ0v) is 15.4. The molecule has 0 N–H and O–H groups in total. The van der Waals surface area contributed by atoms with E-state index in [1.165, 1.54) is 0 Å². The van der Waals surface area contributed by atoms with Crippen LogP contribution in [0.4, 0.5) is 5.82 Å². The first kappa shape index (κ1) is 16.0. The van der Waals surface area contributed by atoms with E-state index in [-0.39, 0.29) is 5.60 Å². The van der Waals surface area contributed by atoms with E-state index in [0.717, 1.165) is 66.2 Å². The van der Waals surface area contributed by atoms with Gasteiger partial charge in [-0.25, -0.2) is 15.0 Å². The molecule has 7 heteroatoms. The third-order valence-corrected chi connectivity index (χ3v) is 5.41. The second kappa shape index (κ2) is 5.62. The summed E-state index contributed by atoms with van der Waals surface area (Å²) in [5, 5.41) is 0.944. The highest BCUT2D eigenvalue weighted by molar-refractivity contribution is 6.04. The predicted molar refractivity (Wildman–Crippen MR) is 99.4 cm³/mol. The first-order chi connectivity index (χ1) is 12.5. The molecule has 2 aliphatic rings. The van der Waals surface area contributed by atoms with Crippen LogP contribution in [0, 0.1) is 0 Å². The van der Waals surface area contributed by atoms with Gasteiger partial charge in [0.1, 0.15) is 11.8 Å². The van der Waals surface area contributed by atoms with Gasteiger partial charge in [-0.2, -0.15) is 0 Å². The van der Waals surface area contributed by atoms with Crippen LogP contribution < -0.4 is 4.90 Å². The number of likely N-dealkylation sites (N-methyl/N-ethyl adjacent to an activating group) is 1. The van der Waals surface area contributed by atoms with Gasteiger partial charge in [0.15, 0.2) is 11.4 Å². The largest absolute Gasteiger partial charge is 0.432 e. The predicted octanol–water partition coefficient (Wildman–Crippen LogP) is 2.37. The van der Waals surface area contributed by atoms with Crippen molar-refractivity contribution in [3.05, 3.63) is 23.7 Å². The van der Waals surface area contributed by atoms with E-state index in [1.54, 1.807) is 6.33 Å². The Morgan fingerprint density at radius 3 is 2.73 bits per heavy atom. The number of rotatable bonds is 1. The van der Waals surface area contributed by atoms with Crippen molar-refractivity contribution in [2.75, 3.05) is 38.1 Å². The van der Waals surface area contributed by atoms with E-state index in [9.17, 15) is 0 Å². The molecule has 26 heavy (non-hydrogen) atoms. The van der Waals surface area contributed by atoms with Crippen molar-refractivity contribution >= 4 is 28.0 Å². The Morgan fingerprint density at radius 2 is 1.92 bits per heavy atom. The maximum absolute atomic E-state index is 6.17. The fourth-order valence-electron chi connectivity index (χ4n) is 3.82. The van der Waals surface area contributed by atoms with Crippen LogP contribution in [0.1, 0.15) is 25.1 Å². The molecule has 2 aliphatic heterocycles. The average Bonchev–Trinajstić information content (AvgIpc) is 2.97. The number of ether oxygens (including phenoxy) is 1. The number of fused-ring (bicyclic) bond motifs is 4. The summed E-state index contributed by atoms with van der Waals surface area (Å²) >= 11 is 0. The van der Waals surface area contributed by atoms with Crippen LogP contribution in [-0.4, -0.2) is 58.7 Å². The van der Waals surface area contributed by atoms with Crippen LogP contribution >= 0.6 is 0 Å². The zero-order chi connectivity index (χ0) is 17.9. The van der Waals surface area contributed by atoms with E-state index in [4.69, 9.17) is 14.1 Å². The van der Waals surface area contributed by atoms with Crippen LogP contribution in [0.2, 0.25) is 0 Å². The summed E-state index contributed by atoms with van der Waals surface area (Å²) in [6.07, 6.45) is 2.41. The Labute approximate surface area is 152 Å². The number of nitrogens with zero attached hydrogens (tertiary/aromatic N) is 5. The molecule has 3 aromatic rings. The third-order valence-electron chi connectivity index (χ3n) is 5.41. The van der Waals surface area contributed by atoms with Gasteiger partial charge < -0.3 is 19.0 Å². The lowest BCUT2D eigenvalue weighted by molar-refractivity contribution is -0.0411. The summed E-state index contributed by atoms with van der Waals surface area (Å²) in [5.74, 6) is 0.871. The van der Waals surface area contributed by atoms with Crippen molar-refractivity contribution in [2.45, 2.75) is 32.5 Å². The van der Waals surface area contributed by atoms with Gasteiger partial charge in [0, 0.05) is 38.2 Å². The van der Waals surface area contributed by atoms with E-state index in [2.05, 4.69) is 46.7 Å². The lowest BCUT2D eigenvalue weighted by Crippen LogP contribution is -2.44. The Hall–Kier alpha value is -2.25. The van der Waals surface area contributed by atoms with E-state index in [0.29, 0.717) is 12.3 Å². The van der Waals surface area contributed by atoms with Crippen molar-refractivity contribution in [3.8, 4) is 0 Å². The Bertz CT molecular complexity index is 988. The maximum atomic E-state index is 6.17. The molecule has 0 amide bonds. The molecular formula is C19H23N5O2. The molecule has 0 atom stereocenters. The molecule has 0 aliphatic carbocycles. The Kier molecular flexibility index (Phi) is 3.45. The molecule has 0 bridgehead atoms. The Morgan fingerprint density at radius 1 is 1.12 bits per heavy atom. The summed E-state index contributed by atoms with van der Waals surface area (Å²) in [7, 11) is 2.14. The van der Waals surface area contributed by atoms with Gasteiger partial charge in [-0.1, -0.05) is 0 Å². The fraction of sp³-hybridized carbons (Fsp3) is 0.526. The van der Waals surface area contributed by atoms with Crippen molar-refractivity contribution in [1.29, 1.82) is 0 Å². The standard InChI is InChI=1S/C19H23N5O2/c1-19(2)9-14-12(10-25-19)8-13-15-16(26-18(13)22-14)17(21-11-20-15)24-6-4-23(3)5-7-24/h8,11H,4-7,9-10H2,1-3H3. The lowest BCUT2D eigenvalue weighted by atomic mass is 9.95. The molecule has 1 saturated heterocycles. The van der Waals surface area contributed by atoms with Crippen molar-refractivity contribution < 1.29 is 9.15 Å². The van der Waals surface area contributed by atoms with E-state index < -0.39 is 0 Å². The number of pyridine rings is 1. The molecule has 3 aromatic heterocycles. The minimum atomic E-state index is -0.190. The second-order valence-corrected chi connectivity index (χ2v) is 7.94. The first-order valence-electron chi connectivity index (χ1n) is 9.14. The topological polar surface area (TPSA) is 67.5 Å². The molecular weight excluding hydrogens is 330 g/mol. The monoisotopic (exact) mass is 353 g/mol. The second-order valence-electron chi connectivity index (χ2n) is 7.94. The summed E-state index contributed by atoms with van der Waals surface area (Å²) in [5.41, 5.74) is 4.21. The molecule has 136 valence electrons. The highest BCUT2D eigenvalue weighted by Crippen LogP contribution is 2.35. The zero-order valence-electron chi connectivity index (χ0n) is 15.4. The van der Waals surface area contributed by atoms with Crippen molar-refractivity contribution in [3.63, 3.8) is 0 Å². The van der Waals surface area contributed by atoms with E-state index >= 15 is 0 Å². The van der Waals surface area contributed by atoms with Crippen LogP contribution in [0.5, 0.6) is 0 Å². The van der Waals surface area contributed by atoms with Crippen LogP contribution in [0.3, 0.4) is 0 Å². The summed E-state index contributed by atoms with van der Waals surface area (Å²) < 4.78 is 12.1. The highest BCUT2D eigenvalue weighted by Gasteiger charge is 2.29. The summed E-state index contributed by atoms with van der Waals surface area (Å²) in [4.78, 5) is 18.4. The molecule has 1 fully saturated rings. The van der Waals surface area contributed by atoms with Gasteiger partial charge in [0.05, 0.1) is 23.3 Å². The number of aromatic nitrogens is 3. The van der Waals surface area contributed by atoms with Gasteiger partial charge in [-0.15, -0.1) is 0 Å². The van der Waals surface area contributed by atoms with Gasteiger partial charge in [-0.05, 0) is 27.0 Å². The maximum Gasteiger partial charge on any atom is 0.229 e. The van der Waals surface area contributed by atoms with Crippen molar-refractivity contribution in [1.82, 2.24) is 19.9 Å². The molecule has 0 radical (unpaired) electrons. The SMILES string of the molecule is CN1CCN(c2ncnc3c2oc2nc4c(cc23)COC(C)(C)C4)CC1. The number of anilines is 1. The average molecular weight is 353 g/mol. The first-order valence-corrected chi connectivity index (χ1v) is 9.14. The quantitative estimate of drug-likeness (QED) is 0.665. The smallest absolute Gasteiger partial charge is 0.229 e. The van der Waals surface area contributed by atoms with Crippen LogP contribution in [-0.2, 0) is 17.8 Å². The molecule has 5 rings (SSSR count). The molecule has 7 nitrogen and oxygen atoms in total. The Balaban J connectivity index is 1.64. The van der Waals surface area contributed by atoms with Crippen LogP contribution in [0.15, 0.2) is 16.8 Å². The van der Waals surface area contributed by atoms with Gasteiger partial charge in [0.25, 0.3) is 0 Å². The molecule has 0 saturated carbocycles. The van der Waals surface area contributed by atoms with E-state index in [1.807, 2.05) is 0 Å². The molecule has 0 aromatic carbocycles. The summed E-state index contributed by atoms with van der Waals surface area (Å²) in [6, 6.07) is 2.12. The minimum Gasteiger partial charge on any atom is -0.432 e. The fourth-order valence-corrected chi connectivity index (χ4v) is 3.82. The number of hydrogen-bond acceptors (Lipinski definition) is 7. The third kappa shape index (κ3) is 2.54.